The van der Waals surface area contributed by atoms with E-state index in [-0.39, 0.29) is 6.03 Å². The topological polar surface area (TPSA) is 105 Å². The number of nitrogens with one attached hydrogen (secondary N) is 3. The quantitative estimate of drug-likeness (QED) is 0.333. The molecule has 1 aromatic heterocycles. The highest BCUT2D eigenvalue weighted by atomic mass is 16.5. The van der Waals surface area contributed by atoms with E-state index in [0.29, 0.717) is 18.8 Å². The largest absolute Gasteiger partial charge is 0.404 e. The summed E-state index contributed by atoms with van der Waals surface area (Å²) < 4.78 is 4.94. The first-order chi connectivity index (χ1) is 14.6. The van der Waals surface area contributed by atoms with E-state index in [1.807, 2.05) is 30.3 Å². The number of allylic oxidation sites excluding steroid dienone is 1. The van der Waals surface area contributed by atoms with Crippen LogP contribution >= 0.6 is 0 Å². The third-order valence-corrected chi connectivity index (χ3v) is 4.73. The van der Waals surface area contributed by atoms with E-state index >= 15 is 0 Å². The molecule has 2 amide bonds. The summed E-state index contributed by atoms with van der Waals surface area (Å²) in [5.41, 5.74) is 11.3. The summed E-state index contributed by atoms with van der Waals surface area (Å²) in [5.74, 6) is 0. The molecule has 0 unspecified atom stereocenters. The van der Waals surface area contributed by atoms with Crippen molar-refractivity contribution in [1.82, 2.24) is 10.3 Å². The van der Waals surface area contributed by atoms with Gasteiger partial charge >= 0.3 is 6.03 Å². The number of anilines is 1. The molecule has 2 aromatic carbocycles. The average Bonchev–Trinajstić information content (AvgIpc) is 3.17. The van der Waals surface area contributed by atoms with Crippen LogP contribution in [0.2, 0.25) is 0 Å². The number of nitrogens with two attached hydrogens (primary N) is 1. The second-order valence-corrected chi connectivity index (χ2v) is 6.74. The minimum atomic E-state index is -0.287. The molecule has 0 bridgehead atoms. The fraction of sp³-hybridized carbons (Fsp3) is 0.217. The van der Waals surface area contributed by atoms with Gasteiger partial charge < -0.3 is 26.1 Å². The van der Waals surface area contributed by atoms with Gasteiger partial charge in [-0.15, -0.1) is 0 Å². The molecule has 5 N–H and O–H groups in total. The van der Waals surface area contributed by atoms with Crippen molar-refractivity contribution in [2.24, 2.45) is 10.7 Å². The molecule has 0 atom stereocenters. The number of aliphatic imine (C=N–C) groups is 1. The van der Waals surface area contributed by atoms with Crippen molar-refractivity contribution in [3.8, 4) is 0 Å². The monoisotopic (exact) mass is 405 g/mol. The van der Waals surface area contributed by atoms with E-state index in [1.54, 1.807) is 19.5 Å². The number of H-pyrrole nitrogens is 1. The number of ether oxygens (including phenoxy) is 1. The van der Waals surface area contributed by atoms with Gasteiger partial charge in [-0.1, -0.05) is 25.1 Å². The highest BCUT2D eigenvalue weighted by Gasteiger charge is 2.09. The number of methoxy groups -OCH3 is 1. The highest BCUT2D eigenvalue weighted by molar-refractivity contribution is 6.12. The fourth-order valence-electron chi connectivity index (χ4n) is 3.01. The predicted octanol–water partition coefficient (Wildman–Crippen LogP) is 4.20. The maximum atomic E-state index is 12.1. The molecule has 3 aromatic rings. The summed E-state index contributed by atoms with van der Waals surface area (Å²) in [6.07, 6.45) is 6.04. The lowest BCUT2D eigenvalue weighted by Gasteiger charge is -2.07. The van der Waals surface area contributed by atoms with Crippen LogP contribution in [0.5, 0.6) is 0 Å². The molecule has 0 saturated carbocycles. The number of hydrogen-bond acceptors (Lipinski definition) is 4. The third kappa shape index (κ3) is 5.27. The molecule has 1 heterocycles. The number of amides is 2. The number of nitrogens with zero attached hydrogens (tertiary/aromatic N) is 1. The first kappa shape index (κ1) is 21.1. The molecule has 0 spiro atoms. The molecule has 30 heavy (non-hydrogen) atoms. The molecule has 0 fully saturated rings. The average molecular weight is 406 g/mol. The van der Waals surface area contributed by atoms with Gasteiger partial charge in [0.2, 0.25) is 0 Å². The number of aromatic amines is 1. The third-order valence-electron chi connectivity index (χ3n) is 4.73. The Morgan fingerprint density at radius 3 is 2.73 bits per heavy atom. The van der Waals surface area contributed by atoms with E-state index < -0.39 is 0 Å². The van der Waals surface area contributed by atoms with E-state index in [9.17, 15) is 4.79 Å². The summed E-state index contributed by atoms with van der Waals surface area (Å²) >= 11 is 0. The van der Waals surface area contributed by atoms with Crippen LogP contribution in [0, 0.1) is 0 Å². The lowest BCUT2D eigenvalue weighted by molar-refractivity contribution is 0.198. The molecule has 0 radical (unpaired) electrons. The maximum absolute atomic E-state index is 12.1. The van der Waals surface area contributed by atoms with Crippen LogP contribution in [-0.4, -0.2) is 37.5 Å². The number of rotatable bonds is 8. The van der Waals surface area contributed by atoms with Crippen molar-refractivity contribution in [1.29, 1.82) is 0 Å². The van der Waals surface area contributed by atoms with Gasteiger partial charge in [0.1, 0.15) is 0 Å². The molecular weight excluding hydrogens is 378 g/mol. The van der Waals surface area contributed by atoms with Gasteiger partial charge in [0.25, 0.3) is 0 Å². The lowest BCUT2D eigenvalue weighted by atomic mass is 10.1. The molecule has 156 valence electrons. The minimum Gasteiger partial charge on any atom is -0.404 e. The second-order valence-electron chi connectivity index (χ2n) is 6.74. The van der Waals surface area contributed by atoms with E-state index in [4.69, 9.17) is 10.5 Å². The summed E-state index contributed by atoms with van der Waals surface area (Å²) in [5, 5.41) is 6.48. The zero-order valence-corrected chi connectivity index (χ0v) is 17.2. The highest BCUT2D eigenvalue weighted by Crippen LogP contribution is 2.27. The Balaban J connectivity index is 1.78. The number of fused-ring (bicyclic) bond motifs is 1. The number of aromatic nitrogens is 1. The van der Waals surface area contributed by atoms with Crippen LogP contribution in [-0.2, 0) is 11.2 Å². The van der Waals surface area contributed by atoms with Crippen LogP contribution in [0.4, 0.5) is 16.2 Å². The summed E-state index contributed by atoms with van der Waals surface area (Å²) in [7, 11) is 1.59. The van der Waals surface area contributed by atoms with Crippen molar-refractivity contribution in [2.75, 3.05) is 25.6 Å². The lowest BCUT2D eigenvalue weighted by Crippen LogP contribution is -2.31. The maximum Gasteiger partial charge on any atom is 0.319 e. The van der Waals surface area contributed by atoms with Crippen molar-refractivity contribution < 1.29 is 9.53 Å². The van der Waals surface area contributed by atoms with Crippen molar-refractivity contribution in [3.63, 3.8) is 0 Å². The van der Waals surface area contributed by atoms with Gasteiger partial charge in [0, 0.05) is 48.7 Å². The standard InChI is InChI=1S/C23H27N5O2/c1-3-16-4-7-19(8-5-16)26-14-18(13-24)17-6-9-21-20(12-17)22(15-27-21)28-23(29)25-10-11-30-2/h4-9,12-15,27H,3,10-11,24H2,1-2H3,(H2,25,28,29)/b18-13+,26-14?. The number of hydrogen-bond donors (Lipinski definition) is 4. The van der Waals surface area contributed by atoms with Crippen molar-refractivity contribution in [2.45, 2.75) is 13.3 Å². The van der Waals surface area contributed by atoms with Crippen LogP contribution in [0.15, 0.2) is 59.9 Å². The Kier molecular flexibility index (Phi) is 7.24. The van der Waals surface area contributed by atoms with Gasteiger partial charge in [-0.3, -0.25) is 4.99 Å². The van der Waals surface area contributed by atoms with E-state index in [0.717, 1.165) is 34.1 Å². The first-order valence-corrected chi connectivity index (χ1v) is 9.84. The number of carbonyl (C=O) groups is 1. The number of urea groups is 1. The molecular formula is C23H27N5O2. The van der Waals surface area contributed by atoms with Gasteiger partial charge in [-0.2, -0.15) is 0 Å². The predicted molar refractivity (Wildman–Crippen MR) is 123 cm³/mol. The summed E-state index contributed by atoms with van der Waals surface area (Å²) in [4.78, 5) is 19.8. The van der Waals surface area contributed by atoms with Gasteiger partial charge in [0.15, 0.2) is 0 Å². The Morgan fingerprint density at radius 1 is 1.23 bits per heavy atom. The van der Waals surface area contributed by atoms with E-state index in [2.05, 4.69) is 39.7 Å². The second kappa shape index (κ2) is 10.3. The fourth-order valence-corrected chi connectivity index (χ4v) is 3.01. The normalized spacial score (nSPS) is 11.9. The van der Waals surface area contributed by atoms with Crippen LogP contribution in [0.1, 0.15) is 18.1 Å². The molecule has 0 aliphatic carbocycles. The molecule has 0 aliphatic heterocycles. The molecule has 0 saturated heterocycles. The smallest absolute Gasteiger partial charge is 0.319 e. The van der Waals surface area contributed by atoms with Gasteiger partial charge in [0.05, 0.1) is 18.0 Å². The summed E-state index contributed by atoms with van der Waals surface area (Å²) in [6, 6.07) is 13.7. The Hall–Kier alpha value is -3.58. The van der Waals surface area contributed by atoms with Gasteiger partial charge in [-0.05, 0) is 41.8 Å². The molecule has 3 rings (SSSR count). The zero-order chi connectivity index (χ0) is 21.3. The molecule has 7 nitrogen and oxygen atoms in total. The zero-order valence-electron chi connectivity index (χ0n) is 17.2. The Bertz CT molecular complexity index is 1050. The van der Waals surface area contributed by atoms with E-state index in [1.165, 1.54) is 11.8 Å². The Labute approximate surface area is 176 Å². The Morgan fingerprint density at radius 2 is 2.03 bits per heavy atom. The van der Waals surface area contributed by atoms with Crippen molar-refractivity contribution in [3.05, 3.63) is 66.0 Å². The number of benzene rings is 2. The molecule has 7 heteroatoms. The molecule has 0 aliphatic rings. The first-order valence-electron chi connectivity index (χ1n) is 9.84. The van der Waals surface area contributed by atoms with Crippen LogP contribution < -0.4 is 16.4 Å². The minimum absolute atomic E-state index is 0.287. The summed E-state index contributed by atoms with van der Waals surface area (Å²) in [6.45, 7) is 3.01. The SMILES string of the molecule is CCc1ccc(N=C/C(=C\N)c2ccc3[nH]cc(NC(=O)NCCOC)c3c2)cc1. The number of carbonyl (C=O) groups excluding carboxylic acids is 1. The van der Waals surface area contributed by atoms with Crippen molar-refractivity contribution >= 4 is 40.1 Å². The van der Waals surface area contributed by atoms with Crippen LogP contribution in [0.3, 0.4) is 0 Å². The van der Waals surface area contributed by atoms with Crippen LogP contribution in [0.25, 0.3) is 16.5 Å². The number of aryl methyl sites for hydroxylation is 1. The van der Waals surface area contributed by atoms with Gasteiger partial charge in [-0.25, -0.2) is 4.79 Å².